The Bertz CT molecular complexity index is 676. The summed E-state index contributed by atoms with van der Waals surface area (Å²) < 4.78 is 32.5. The first-order valence-electron chi connectivity index (χ1n) is 8.17. The molecule has 138 valence electrons. The molecule has 0 saturated carbocycles. The molecule has 0 amide bonds. The number of carboxylic acids is 1. The molecule has 1 aromatic carbocycles. The normalized spacial score (nSPS) is 27.0. The van der Waals surface area contributed by atoms with Gasteiger partial charge >= 0.3 is 5.97 Å². The molecule has 2 aliphatic heterocycles. The lowest BCUT2D eigenvalue weighted by Gasteiger charge is -2.25. The second kappa shape index (κ2) is 7.15. The fourth-order valence-electron chi connectivity index (χ4n) is 4.02. The van der Waals surface area contributed by atoms with E-state index in [0.29, 0.717) is 39.3 Å². The highest BCUT2D eigenvalue weighted by Gasteiger charge is 2.57. The summed E-state index contributed by atoms with van der Waals surface area (Å²) in [5.41, 5.74) is -0.572. The minimum Gasteiger partial charge on any atom is -0.481 e. The van der Waals surface area contributed by atoms with Gasteiger partial charge in [0.25, 0.3) is 0 Å². The maximum Gasteiger partial charge on any atom is 0.312 e. The first kappa shape index (κ1) is 18.5. The van der Waals surface area contributed by atoms with E-state index in [4.69, 9.17) is 16.3 Å². The lowest BCUT2D eigenvalue weighted by atomic mass is 9.81. The van der Waals surface area contributed by atoms with Gasteiger partial charge in [0, 0.05) is 57.9 Å². The SMILES string of the molecule is COCCN1C[C@@H]2CN(Cc3ccc(F)c(Cl)c3F)C[C@]2(C(=O)O)C1. The van der Waals surface area contributed by atoms with Gasteiger partial charge in [-0.05, 0) is 6.07 Å². The number of hydrogen-bond acceptors (Lipinski definition) is 4. The number of aliphatic carboxylic acids is 1. The Kier molecular flexibility index (Phi) is 5.29. The van der Waals surface area contributed by atoms with Crippen molar-refractivity contribution in [1.29, 1.82) is 0 Å². The van der Waals surface area contributed by atoms with E-state index in [9.17, 15) is 18.7 Å². The number of likely N-dealkylation sites (tertiary alicyclic amines) is 2. The highest BCUT2D eigenvalue weighted by atomic mass is 35.5. The number of benzene rings is 1. The fourth-order valence-corrected chi connectivity index (χ4v) is 4.20. The number of methoxy groups -OCH3 is 1. The van der Waals surface area contributed by atoms with Gasteiger partial charge in [0.2, 0.25) is 0 Å². The fraction of sp³-hybridized carbons (Fsp3) is 0.588. The average molecular weight is 375 g/mol. The third kappa shape index (κ3) is 3.38. The molecule has 0 aliphatic carbocycles. The maximum atomic E-state index is 14.1. The van der Waals surface area contributed by atoms with Gasteiger partial charge in [-0.3, -0.25) is 14.6 Å². The number of carbonyl (C=O) groups is 1. The van der Waals surface area contributed by atoms with E-state index in [2.05, 4.69) is 4.90 Å². The highest BCUT2D eigenvalue weighted by Crippen LogP contribution is 2.43. The summed E-state index contributed by atoms with van der Waals surface area (Å²) in [6.45, 7) is 3.51. The van der Waals surface area contributed by atoms with Crippen LogP contribution in [0.3, 0.4) is 0 Å². The first-order chi connectivity index (χ1) is 11.9. The van der Waals surface area contributed by atoms with Crippen molar-refractivity contribution in [3.05, 3.63) is 34.4 Å². The van der Waals surface area contributed by atoms with Gasteiger partial charge in [0.05, 0.1) is 12.0 Å². The molecule has 0 bridgehead atoms. The Balaban J connectivity index is 1.72. The van der Waals surface area contributed by atoms with Gasteiger partial charge in [-0.25, -0.2) is 8.78 Å². The number of carboxylic acid groups (broad SMARTS) is 1. The molecule has 0 radical (unpaired) electrons. The Hall–Kier alpha value is -1.28. The second-order valence-electron chi connectivity index (χ2n) is 6.89. The molecule has 1 aromatic rings. The highest BCUT2D eigenvalue weighted by molar-refractivity contribution is 6.30. The molecule has 3 rings (SSSR count). The van der Waals surface area contributed by atoms with Crippen LogP contribution in [0.5, 0.6) is 0 Å². The van der Waals surface area contributed by atoms with Crippen molar-refractivity contribution in [2.75, 3.05) is 46.4 Å². The van der Waals surface area contributed by atoms with Gasteiger partial charge < -0.3 is 9.84 Å². The number of hydrogen-bond donors (Lipinski definition) is 1. The summed E-state index contributed by atoms with van der Waals surface area (Å²) in [5.74, 6) is -2.42. The molecule has 2 atom stereocenters. The lowest BCUT2D eigenvalue weighted by molar-refractivity contribution is -0.149. The average Bonchev–Trinajstić information content (AvgIpc) is 3.08. The summed E-state index contributed by atoms with van der Waals surface area (Å²) in [6.07, 6.45) is 0. The van der Waals surface area contributed by atoms with Crippen molar-refractivity contribution in [2.24, 2.45) is 11.3 Å². The molecule has 2 aliphatic rings. The van der Waals surface area contributed by atoms with E-state index in [0.717, 1.165) is 6.07 Å². The van der Waals surface area contributed by atoms with Crippen molar-refractivity contribution in [3.8, 4) is 0 Å². The molecule has 2 fully saturated rings. The summed E-state index contributed by atoms with van der Waals surface area (Å²) in [7, 11) is 1.62. The molecule has 2 heterocycles. The first-order valence-corrected chi connectivity index (χ1v) is 8.54. The Morgan fingerprint density at radius 1 is 1.36 bits per heavy atom. The van der Waals surface area contributed by atoms with Crippen molar-refractivity contribution in [3.63, 3.8) is 0 Å². The van der Waals surface area contributed by atoms with Crippen LogP contribution in [0.1, 0.15) is 5.56 Å². The second-order valence-corrected chi connectivity index (χ2v) is 7.27. The van der Waals surface area contributed by atoms with Crippen LogP contribution in [0.25, 0.3) is 0 Å². The van der Waals surface area contributed by atoms with E-state index < -0.39 is 28.0 Å². The van der Waals surface area contributed by atoms with Crippen molar-refractivity contribution in [2.45, 2.75) is 6.54 Å². The summed E-state index contributed by atoms with van der Waals surface area (Å²) in [6, 6.07) is 2.50. The van der Waals surface area contributed by atoms with Gasteiger partial charge in [-0.2, -0.15) is 0 Å². The van der Waals surface area contributed by atoms with Crippen LogP contribution in [-0.2, 0) is 16.1 Å². The summed E-state index contributed by atoms with van der Waals surface area (Å²) in [4.78, 5) is 16.0. The quantitative estimate of drug-likeness (QED) is 0.773. The Morgan fingerprint density at radius 3 is 2.68 bits per heavy atom. The predicted molar refractivity (Wildman–Crippen MR) is 88.5 cm³/mol. The third-order valence-corrected chi connectivity index (χ3v) is 5.64. The number of halogens is 3. The third-order valence-electron chi connectivity index (χ3n) is 5.30. The minimum absolute atomic E-state index is 0.0270. The van der Waals surface area contributed by atoms with Crippen LogP contribution in [0, 0.1) is 23.0 Å². The Morgan fingerprint density at radius 2 is 2.04 bits per heavy atom. The van der Waals surface area contributed by atoms with Gasteiger partial charge in [-0.15, -0.1) is 0 Å². The minimum atomic E-state index is -0.853. The van der Waals surface area contributed by atoms with Crippen molar-refractivity contribution >= 4 is 17.6 Å². The topological polar surface area (TPSA) is 53.0 Å². The molecule has 5 nitrogen and oxygen atoms in total. The summed E-state index contributed by atoms with van der Waals surface area (Å²) in [5, 5.41) is 9.29. The zero-order chi connectivity index (χ0) is 18.2. The van der Waals surface area contributed by atoms with E-state index in [-0.39, 0.29) is 18.0 Å². The number of rotatable bonds is 6. The van der Waals surface area contributed by atoms with Crippen LogP contribution >= 0.6 is 11.6 Å². The number of nitrogens with zero attached hydrogens (tertiary/aromatic N) is 2. The molecule has 25 heavy (non-hydrogen) atoms. The van der Waals surface area contributed by atoms with E-state index in [1.807, 2.05) is 4.90 Å². The maximum absolute atomic E-state index is 14.1. The van der Waals surface area contributed by atoms with Crippen molar-refractivity contribution < 1.29 is 23.4 Å². The van der Waals surface area contributed by atoms with Crippen LogP contribution < -0.4 is 0 Å². The number of ether oxygens (including phenoxy) is 1. The molecular weight excluding hydrogens is 354 g/mol. The van der Waals surface area contributed by atoms with Crippen molar-refractivity contribution in [1.82, 2.24) is 9.80 Å². The van der Waals surface area contributed by atoms with E-state index in [1.165, 1.54) is 6.07 Å². The van der Waals surface area contributed by atoms with Crippen LogP contribution in [-0.4, -0.2) is 67.3 Å². The summed E-state index contributed by atoms with van der Waals surface area (Å²) >= 11 is 5.63. The molecule has 2 saturated heterocycles. The largest absolute Gasteiger partial charge is 0.481 e. The molecule has 0 spiro atoms. The van der Waals surface area contributed by atoms with Gasteiger partial charge in [-0.1, -0.05) is 17.7 Å². The zero-order valence-corrected chi connectivity index (χ0v) is 14.7. The molecule has 0 aromatic heterocycles. The monoisotopic (exact) mass is 374 g/mol. The van der Waals surface area contributed by atoms with E-state index in [1.54, 1.807) is 7.11 Å². The smallest absolute Gasteiger partial charge is 0.312 e. The Labute approximate surface area is 150 Å². The molecule has 0 unspecified atom stereocenters. The predicted octanol–water partition coefficient (Wildman–Crippen LogP) is 2.08. The molecular formula is C17H21ClF2N2O3. The van der Waals surface area contributed by atoms with E-state index >= 15 is 0 Å². The lowest BCUT2D eigenvalue weighted by Crippen LogP contribution is -2.41. The van der Waals surface area contributed by atoms with Crippen LogP contribution in [0.2, 0.25) is 5.02 Å². The molecule has 1 N–H and O–H groups in total. The molecule has 8 heteroatoms. The van der Waals surface area contributed by atoms with Crippen LogP contribution in [0.15, 0.2) is 12.1 Å². The van der Waals surface area contributed by atoms with Crippen LogP contribution in [0.4, 0.5) is 8.78 Å². The standard InChI is InChI=1S/C17H21ClF2N2O3/c1-25-5-4-21-7-12-8-22(10-17(12,9-21)16(23)24)6-11-2-3-13(19)14(18)15(11)20/h2-3,12H,4-10H2,1H3,(H,23,24)/t12-,17-/m1/s1. The van der Waals surface area contributed by atoms with Gasteiger partial charge in [0.15, 0.2) is 0 Å². The zero-order valence-electron chi connectivity index (χ0n) is 14.0. The van der Waals surface area contributed by atoms with Gasteiger partial charge in [0.1, 0.15) is 16.7 Å². The number of fused-ring (bicyclic) bond motifs is 1.